The van der Waals surface area contributed by atoms with Gasteiger partial charge in [-0.3, -0.25) is 9.89 Å². The van der Waals surface area contributed by atoms with E-state index < -0.39 is 17.6 Å². The maximum atomic E-state index is 12.8. The van der Waals surface area contributed by atoms with Crippen molar-refractivity contribution in [2.24, 2.45) is 5.92 Å². The minimum absolute atomic E-state index is 0.195. The van der Waals surface area contributed by atoms with Crippen molar-refractivity contribution >= 4 is 22.8 Å². The summed E-state index contributed by atoms with van der Waals surface area (Å²) < 4.78 is 44.4. The standard InChI is InChI=1S/C20H14F3N5O2.C6H13N/c1-11-17-15(6-8-25-18(17)28-27-11)30-14-4-2-3-12(9-14)19(29)26-16-10-13(5-7-24-16)20(21,22)23;1-6-3-2-4-7-5-6/h2-10H,1H3,(H,24,26,29)(H,25,27,28);6-7H,2-5H2,1H3. The Hall–Kier alpha value is -3.99. The number of hydrogen-bond acceptors (Lipinski definition) is 6. The molecule has 3 N–H and O–H groups in total. The summed E-state index contributed by atoms with van der Waals surface area (Å²) in [5.41, 5.74) is 0.565. The van der Waals surface area contributed by atoms with E-state index in [1.165, 1.54) is 38.1 Å². The molecule has 1 aliphatic heterocycles. The summed E-state index contributed by atoms with van der Waals surface area (Å²) >= 11 is 0. The first-order chi connectivity index (χ1) is 17.7. The van der Waals surface area contributed by atoms with Gasteiger partial charge in [-0.15, -0.1) is 0 Å². The molecule has 1 unspecified atom stereocenters. The number of anilines is 1. The predicted molar refractivity (Wildman–Crippen MR) is 134 cm³/mol. The molecule has 1 amide bonds. The molecule has 1 aliphatic rings. The Bertz CT molecular complexity index is 1370. The van der Waals surface area contributed by atoms with Crippen molar-refractivity contribution < 1.29 is 22.7 Å². The predicted octanol–water partition coefficient (Wildman–Crippen LogP) is 5.73. The fourth-order valence-electron chi connectivity index (χ4n) is 3.87. The number of piperidine rings is 1. The Kier molecular flexibility index (Phi) is 8.02. The van der Waals surface area contributed by atoms with E-state index >= 15 is 0 Å². The number of benzene rings is 1. The molecule has 194 valence electrons. The molecule has 37 heavy (non-hydrogen) atoms. The van der Waals surface area contributed by atoms with Crippen molar-refractivity contribution in [1.29, 1.82) is 0 Å². The van der Waals surface area contributed by atoms with Gasteiger partial charge in [-0.1, -0.05) is 13.0 Å². The van der Waals surface area contributed by atoms with Gasteiger partial charge < -0.3 is 15.4 Å². The van der Waals surface area contributed by atoms with Crippen LogP contribution < -0.4 is 15.4 Å². The van der Waals surface area contributed by atoms with Crippen LogP contribution in [0.25, 0.3) is 11.0 Å². The molecule has 0 aliphatic carbocycles. The van der Waals surface area contributed by atoms with Crippen LogP contribution in [-0.4, -0.2) is 39.2 Å². The third kappa shape index (κ3) is 6.82. The second kappa shape index (κ2) is 11.4. The monoisotopic (exact) mass is 512 g/mol. The Morgan fingerprint density at radius 1 is 1.14 bits per heavy atom. The molecule has 1 aromatic carbocycles. The normalized spacial score (nSPS) is 15.5. The molecule has 1 atom stereocenters. The van der Waals surface area contributed by atoms with Crippen molar-refractivity contribution in [3.63, 3.8) is 0 Å². The van der Waals surface area contributed by atoms with E-state index in [0.29, 0.717) is 22.5 Å². The van der Waals surface area contributed by atoms with Crippen LogP contribution in [0, 0.1) is 12.8 Å². The molecule has 1 saturated heterocycles. The zero-order valence-electron chi connectivity index (χ0n) is 20.4. The van der Waals surface area contributed by atoms with Gasteiger partial charge in [-0.05, 0) is 75.2 Å². The number of H-pyrrole nitrogens is 1. The average Bonchev–Trinajstić information content (AvgIpc) is 3.26. The maximum absolute atomic E-state index is 12.8. The third-order valence-electron chi connectivity index (χ3n) is 5.79. The quantitative estimate of drug-likeness (QED) is 0.323. The minimum Gasteiger partial charge on any atom is -0.456 e. The van der Waals surface area contributed by atoms with Gasteiger partial charge in [0.1, 0.15) is 17.3 Å². The molecule has 0 radical (unpaired) electrons. The minimum atomic E-state index is -4.53. The first-order valence-electron chi connectivity index (χ1n) is 11.8. The molecule has 0 saturated carbocycles. The largest absolute Gasteiger partial charge is 0.456 e. The number of amides is 1. The second-order valence-electron chi connectivity index (χ2n) is 8.82. The lowest BCUT2D eigenvalue weighted by molar-refractivity contribution is -0.137. The summed E-state index contributed by atoms with van der Waals surface area (Å²) in [4.78, 5) is 20.4. The summed E-state index contributed by atoms with van der Waals surface area (Å²) in [6.45, 7) is 6.60. The molecule has 4 heterocycles. The van der Waals surface area contributed by atoms with Crippen molar-refractivity contribution in [1.82, 2.24) is 25.5 Å². The molecule has 0 bridgehead atoms. The van der Waals surface area contributed by atoms with Gasteiger partial charge in [0.2, 0.25) is 0 Å². The number of nitrogens with zero attached hydrogens (tertiary/aromatic N) is 3. The van der Waals surface area contributed by atoms with E-state index in [9.17, 15) is 18.0 Å². The SMILES string of the molecule is CC1CCCNC1.Cc1[nH]nc2nccc(Oc3cccc(C(=O)Nc4cc(C(F)(F)F)ccn4)c3)c12. The number of carbonyl (C=O) groups excluding carboxylic acids is 1. The highest BCUT2D eigenvalue weighted by atomic mass is 19.4. The van der Waals surface area contributed by atoms with Gasteiger partial charge in [0.05, 0.1) is 10.9 Å². The Morgan fingerprint density at radius 3 is 2.65 bits per heavy atom. The number of aryl methyl sites for hydroxylation is 1. The van der Waals surface area contributed by atoms with Crippen molar-refractivity contribution in [2.45, 2.75) is 32.9 Å². The van der Waals surface area contributed by atoms with Crippen LogP contribution in [0.15, 0.2) is 54.9 Å². The number of alkyl halides is 3. The van der Waals surface area contributed by atoms with Crippen LogP contribution in [0.2, 0.25) is 0 Å². The van der Waals surface area contributed by atoms with E-state index in [0.717, 1.165) is 29.9 Å². The molecule has 3 aromatic heterocycles. The maximum Gasteiger partial charge on any atom is 0.416 e. The van der Waals surface area contributed by atoms with Crippen molar-refractivity contribution in [2.75, 3.05) is 18.4 Å². The number of aromatic nitrogens is 4. The van der Waals surface area contributed by atoms with Crippen LogP contribution in [-0.2, 0) is 6.18 Å². The zero-order valence-corrected chi connectivity index (χ0v) is 20.4. The van der Waals surface area contributed by atoms with Gasteiger partial charge in [-0.2, -0.15) is 18.3 Å². The van der Waals surface area contributed by atoms with Crippen LogP contribution in [0.3, 0.4) is 0 Å². The molecule has 1 fully saturated rings. The number of pyridine rings is 2. The second-order valence-corrected chi connectivity index (χ2v) is 8.82. The Balaban J connectivity index is 0.000000396. The summed E-state index contributed by atoms with van der Waals surface area (Å²) in [6.07, 6.45) is 0.805. The molecule has 8 nitrogen and oxygen atoms in total. The lowest BCUT2D eigenvalue weighted by atomic mass is 10.0. The van der Waals surface area contributed by atoms with E-state index in [-0.39, 0.29) is 11.4 Å². The lowest BCUT2D eigenvalue weighted by Gasteiger charge is -2.17. The van der Waals surface area contributed by atoms with Gasteiger partial charge in [0.25, 0.3) is 5.91 Å². The van der Waals surface area contributed by atoms with Gasteiger partial charge in [-0.25, -0.2) is 9.97 Å². The fraction of sp³-hybridized carbons (Fsp3) is 0.308. The fourth-order valence-corrected chi connectivity index (χ4v) is 3.87. The van der Waals surface area contributed by atoms with E-state index in [2.05, 4.69) is 37.7 Å². The first-order valence-corrected chi connectivity index (χ1v) is 11.8. The smallest absolute Gasteiger partial charge is 0.416 e. The van der Waals surface area contributed by atoms with Gasteiger partial charge in [0.15, 0.2) is 5.65 Å². The summed E-state index contributed by atoms with van der Waals surface area (Å²) in [6, 6.07) is 9.52. The van der Waals surface area contributed by atoms with Crippen LogP contribution in [0.1, 0.15) is 41.4 Å². The van der Waals surface area contributed by atoms with E-state index in [4.69, 9.17) is 4.74 Å². The molecular formula is C26H27F3N6O2. The highest BCUT2D eigenvalue weighted by Crippen LogP contribution is 2.31. The van der Waals surface area contributed by atoms with Crippen LogP contribution in [0.4, 0.5) is 19.0 Å². The highest BCUT2D eigenvalue weighted by Gasteiger charge is 2.30. The number of rotatable bonds is 4. The number of hydrogen-bond donors (Lipinski definition) is 3. The number of fused-ring (bicyclic) bond motifs is 1. The topological polar surface area (TPSA) is 105 Å². The van der Waals surface area contributed by atoms with E-state index in [1.807, 2.05) is 6.92 Å². The zero-order chi connectivity index (χ0) is 26.4. The van der Waals surface area contributed by atoms with E-state index in [1.54, 1.807) is 24.4 Å². The molecule has 0 spiro atoms. The van der Waals surface area contributed by atoms with Crippen molar-refractivity contribution in [3.05, 3.63) is 71.7 Å². The third-order valence-corrected chi connectivity index (χ3v) is 5.79. The Labute approximate surface area is 211 Å². The van der Waals surface area contributed by atoms with Gasteiger partial charge in [0, 0.05) is 23.7 Å². The number of halogens is 3. The summed E-state index contributed by atoms with van der Waals surface area (Å²) in [5.74, 6) is 0.975. The molecule has 11 heteroatoms. The molecular weight excluding hydrogens is 485 g/mol. The number of nitrogens with one attached hydrogen (secondary N) is 3. The summed E-state index contributed by atoms with van der Waals surface area (Å²) in [5, 5.41) is 13.3. The highest BCUT2D eigenvalue weighted by molar-refractivity contribution is 6.04. The number of aromatic amines is 1. The summed E-state index contributed by atoms with van der Waals surface area (Å²) in [7, 11) is 0. The number of carbonyl (C=O) groups is 1. The van der Waals surface area contributed by atoms with Crippen LogP contribution >= 0.6 is 0 Å². The van der Waals surface area contributed by atoms with Crippen LogP contribution in [0.5, 0.6) is 11.5 Å². The lowest BCUT2D eigenvalue weighted by Crippen LogP contribution is -2.27. The number of ether oxygens (including phenoxy) is 1. The first kappa shape index (κ1) is 26.1. The molecule has 5 rings (SSSR count). The van der Waals surface area contributed by atoms with Gasteiger partial charge >= 0.3 is 6.18 Å². The van der Waals surface area contributed by atoms with Crippen molar-refractivity contribution in [3.8, 4) is 11.5 Å². The molecule has 4 aromatic rings. The Morgan fingerprint density at radius 2 is 1.95 bits per heavy atom. The average molecular weight is 513 g/mol.